The van der Waals surface area contributed by atoms with Gasteiger partial charge >= 0.3 is 12.0 Å². The quantitative estimate of drug-likeness (QED) is 0.776. The second-order valence-electron chi connectivity index (χ2n) is 5.12. The summed E-state index contributed by atoms with van der Waals surface area (Å²) in [4.78, 5) is 22.7. The fourth-order valence-corrected chi connectivity index (χ4v) is 2.10. The van der Waals surface area contributed by atoms with Gasteiger partial charge in [-0.2, -0.15) is 0 Å². The predicted octanol–water partition coefficient (Wildman–Crippen LogP) is 2.69. The smallest absolute Gasteiger partial charge is 0.340 e. The van der Waals surface area contributed by atoms with Gasteiger partial charge in [0.15, 0.2) is 0 Å². The van der Waals surface area contributed by atoms with Gasteiger partial charge in [-0.3, -0.25) is 0 Å². The number of aromatic carboxylic acids is 1. The summed E-state index contributed by atoms with van der Waals surface area (Å²) in [6.07, 6.45) is 2.38. The van der Waals surface area contributed by atoms with E-state index in [0.29, 0.717) is 18.4 Å². The Morgan fingerprint density at radius 3 is 2.75 bits per heavy atom. The average molecular weight is 280 g/mol. The van der Waals surface area contributed by atoms with Crippen molar-refractivity contribution in [3.05, 3.63) is 29.6 Å². The first-order chi connectivity index (χ1) is 9.49. The van der Waals surface area contributed by atoms with E-state index in [0.717, 1.165) is 6.07 Å². The lowest BCUT2D eigenvalue weighted by molar-refractivity contribution is 0.0693. The number of carbonyl (C=O) groups excluding carboxylic acids is 1. The highest BCUT2D eigenvalue weighted by atomic mass is 19.1. The number of rotatable bonds is 5. The van der Waals surface area contributed by atoms with E-state index in [-0.39, 0.29) is 5.69 Å². The summed E-state index contributed by atoms with van der Waals surface area (Å²) in [6.45, 7) is 2.58. The number of carboxylic acid groups (broad SMARTS) is 1. The molecule has 0 radical (unpaired) electrons. The van der Waals surface area contributed by atoms with E-state index in [9.17, 15) is 14.0 Å². The van der Waals surface area contributed by atoms with E-state index < -0.39 is 23.4 Å². The van der Waals surface area contributed by atoms with Gasteiger partial charge in [0.25, 0.3) is 0 Å². The largest absolute Gasteiger partial charge is 0.478 e. The molecule has 20 heavy (non-hydrogen) atoms. The van der Waals surface area contributed by atoms with Crippen molar-refractivity contribution >= 4 is 17.7 Å². The molecule has 0 heterocycles. The minimum atomic E-state index is -1.41. The summed E-state index contributed by atoms with van der Waals surface area (Å²) >= 11 is 0. The lowest BCUT2D eigenvalue weighted by Crippen LogP contribution is -2.33. The Kier molecular flexibility index (Phi) is 4.22. The number of hydrogen-bond donors (Lipinski definition) is 3. The van der Waals surface area contributed by atoms with Crippen molar-refractivity contribution in [2.24, 2.45) is 11.8 Å². The Balaban J connectivity index is 1.96. The van der Waals surface area contributed by atoms with Crippen LogP contribution in [0.25, 0.3) is 0 Å². The third-order valence-corrected chi connectivity index (χ3v) is 3.49. The maximum absolute atomic E-state index is 13.4. The SMILES string of the molecule is CC(CNC(=O)Nc1cccc(F)c1C(=O)O)C1CC1. The number of nitrogens with one attached hydrogen (secondary N) is 2. The maximum Gasteiger partial charge on any atom is 0.340 e. The molecular weight excluding hydrogens is 263 g/mol. The van der Waals surface area contributed by atoms with Gasteiger partial charge < -0.3 is 15.7 Å². The molecule has 1 saturated carbocycles. The molecule has 1 unspecified atom stereocenters. The average Bonchev–Trinajstić information content (AvgIpc) is 3.19. The molecule has 0 saturated heterocycles. The maximum atomic E-state index is 13.4. The summed E-state index contributed by atoms with van der Waals surface area (Å²) in [6, 6.07) is 3.23. The molecule has 2 amide bonds. The summed E-state index contributed by atoms with van der Waals surface area (Å²) in [5.74, 6) is -1.22. The van der Waals surface area contributed by atoms with Crippen LogP contribution < -0.4 is 10.6 Å². The van der Waals surface area contributed by atoms with Crippen molar-refractivity contribution in [3.63, 3.8) is 0 Å². The first kappa shape index (κ1) is 14.3. The van der Waals surface area contributed by atoms with Crippen LogP contribution in [-0.2, 0) is 0 Å². The molecule has 1 atom stereocenters. The lowest BCUT2D eigenvalue weighted by Gasteiger charge is -2.13. The van der Waals surface area contributed by atoms with Crippen LogP contribution in [-0.4, -0.2) is 23.7 Å². The van der Waals surface area contributed by atoms with Crippen molar-refractivity contribution < 1.29 is 19.1 Å². The topological polar surface area (TPSA) is 78.4 Å². The van der Waals surface area contributed by atoms with Crippen molar-refractivity contribution in [1.82, 2.24) is 5.32 Å². The van der Waals surface area contributed by atoms with Gasteiger partial charge in [0, 0.05) is 6.54 Å². The number of halogens is 1. The molecule has 1 fully saturated rings. The van der Waals surface area contributed by atoms with E-state index in [2.05, 4.69) is 17.6 Å². The second kappa shape index (κ2) is 5.90. The summed E-state index contributed by atoms with van der Waals surface area (Å²) in [5, 5.41) is 14.0. The summed E-state index contributed by atoms with van der Waals surface area (Å²) in [5.41, 5.74) is -0.577. The van der Waals surface area contributed by atoms with Gasteiger partial charge in [-0.05, 0) is 36.8 Å². The monoisotopic (exact) mass is 280 g/mol. The van der Waals surface area contributed by atoms with Crippen molar-refractivity contribution in [1.29, 1.82) is 0 Å². The molecule has 2 rings (SSSR count). The van der Waals surface area contributed by atoms with Crippen LogP contribution in [0, 0.1) is 17.7 Å². The highest BCUT2D eigenvalue weighted by Gasteiger charge is 2.28. The van der Waals surface area contributed by atoms with E-state index >= 15 is 0 Å². The zero-order valence-corrected chi connectivity index (χ0v) is 11.1. The molecule has 3 N–H and O–H groups in total. The first-order valence-corrected chi connectivity index (χ1v) is 6.55. The lowest BCUT2D eigenvalue weighted by atomic mass is 10.1. The molecule has 108 valence electrons. The van der Waals surface area contributed by atoms with Gasteiger partial charge in [-0.15, -0.1) is 0 Å². The van der Waals surface area contributed by atoms with E-state index in [1.165, 1.54) is 25.0 Å². The Morgan fingerprint density at radius 1 is 1.45 bits per heavy atom. The van der Waals surface area contributed by atoms with Crippen LogP contribution in [0.2, 0.25) is 0 Å². The number of carboxylic acids is 1. The molecule has 1 aromatic rings. The van der Waals surface area contributed by atoms with Crippen molar-refractivity contribution in [2.75, 3.05) is 11.9 Å². The third kappa shape index (κ3) is 3.46. The molecule has 0 aromatic heterocycles. The van der Waals surface area contributed by atoms with Crippen LogP contribution in [0.4, 0.5) is 14.9 Å². The number of anilines is 1. The molecule has 5 nitrogen and oxygen atoms in total. The standard InChI is InChI=1S/C14H17FN2O3/c1-8(9-5-6-9)7-16-14(20)17-11-4-2-3-10(15)12(11)13(18)19/h2-4,8-9H,5-7H2,1H3,(H,18,19)(H2,16,17,20). The third-order valence-electron chi connectivity index (χ3n) is 3.49. The highest BCUT2D eigenvalue weighted by molar-refractivity contribution is 6.00. The fourth-order valence-electron chi connectivity index (χ4n) is 2.10. The molecule has 0 bridgehead atoms. The number of amides is 2. The van der Waals surface area contributed by atoms with Gasteiger partial charge in [0.1, 0.15) is 11.4 Å². The zero-order chi connectivity index (χ0) is 14.7. The number of benzene rings is 1. The van der Waals surface area contributed by atoms with Crippen LogP contribution in [0.5, 0.6) is 0 Å². The molecule has 1 aromatic carbocycles. The Morgan fingerprint density at radius 2 is 2.15 bits per heavy atom. The molecule has 1 aliphatic carbocycles. The van der Waals surface area contributed by atoms with Gasteiger partial charge in [0.05, 0.1) is 5.69 Å². The Hall–Kier alpha value is -2.11. The molecular formula is C14H17FN2O3. The van der Waals surface area contributed by atoms with Crippen molar-refractivity contribution in [3.8, 4) is 0 Å². The first-order valence-electron chi connectivity index (χ1n) is 6.55. The van der Waals surface area contributed by atoms with Gasteiger partial charge in [0.2, 0.25) is 0 Å². The molecule has 0 spiro atoms. The molecule has 6 heteroatoms. The van der Waals surface area contributed by atoms with Gasteiger partial charge in [-0.1, -0.05) is 13.0 Å². The van der Waals surface area contributed by atoms with Gasteiger partial charge in [-0.25, -0.2) is 14.0 Å². The fraction of sp³-hybridized carbons (Fsp3) is 0.429. The minimum Gasteiger partial charge on any atom is -0.478 e. The highest BCUT2D eigenvalue weighted by Crippen LogP contribution is 2.36. The predicted molar refractivity (Wildman–Crippen MR) is 72.3 cm³/mol. The summed E-state index contributed by atoms with van der Waals surface area (Å²) < 4.78 is 13.4. The van der Waals surface area contributed by atoms with Crippen LogP contribution in [0.15, 0.2) is 18.2 Å². The van der Waals surface area contributed by atoms with Crippen LogP contribution >= 0.6 is 0 Å². The molecule has 1 aliphatic rings. The minimum absolute atomic E-state index is 0.0472. The normalized spacial score (nSPS) is 15.5. The number of hydrogen-bond acceptors (Lipinski definition) is 2. The van der Waals surface area contributed by atoms with E-state index in [1.807, 2.05) is 0 Å². The van der Waals surface area contributed by atoms with Crippen LogP contribution in [0.3, 0.4) is 0 Å². The Labute approximate surface area is 116 Å². The summed E-state index contributed by atoms with van der Waals surface area (Å²) in [7, 11) is 0. The van der Waals surface area contributed by atoms with Crippen molar-refractivity contribution in [2.45, 2.75) is 19.8 Å². The Bertz CT molecular complexity index is 529. The zero-order valence-electron chi connectivity index (χ0n) is 11.1. The number of carbonyl (C=O) groups is 2. The van der Waals surface area contributed by atoms with E-state index in [1.54, 1.807) is 0 Å². The number of urea groups is 1. The second-order valence-corrected chi connectivity index (χ2v) is 5.12. The van der Waals surface area contributed by atoms with Crippen LogP contribution in [0.1, 0.15) is 30.1 Å². The molecule has 0 aliphatic heterocycles. The van der Waals surface area contributed by atoms with E-state index in [4.69, 9.17) is 5.11 Å².